The van der Waals surface area contributed by atoms with Crippen LogP contribution in [0.2, 0.25) is 10.0 Å². The van der Waals surface area contributed by atoms with E-state index in [1.54, 1.807) is 6.07 Å². The van der Waals surface area contributed by atoms with Crippen molar-refractivity contribution < 1.29 is 27.8 Å². The molecule has 0 radical (unpaired) electrons. The van der Waals surface area contributed by atoms with Crippen LogP contribution in [0.1, 0.15) is 0 Å². The molecule has 0 saturated heterocycles. The Bertz CT molecular complexity index is 801. The van der Waals surface area contributed by atoms with E-state index in [-0.39, 0.29) is 28.8 Å². The average molecular weight is 376 g/mol. The van der Waals surface area contributed by atoms with Crippen LogP contribution in [-0.2, 0) is 4.79 Å². The second-order valence-corrected chi connectivity index (χ2v) is 5.58. The summed E-state index contributed by atoms with van der Waals surface area (Å²) in [6.07, 6.45) is -3.71. The minimum atomic E-state index is -3.71. The minimum absolute atomic E-state index is 0.109. The summed E-state index contributed by atoms with van der Waals surface area (Å²) in [6.45, 7) is -0.327. The van der Waals surface area contributed by atoms with Gasteiger partial charge in [-0.3, -0.25) is 4.79 Å². The van der Waals surface area contributed by atoms with Crippen LogP contribution in [0.5, 0.6) is 17.2 Å². The summed E-state index contributed by atoms with van der Waals surface area (Å²) in [5.74, 6) is -0.491. The van der Waals surface area contributed by atoms with Crippen molar-refractivity contribution in [3.8, 4) is 17.2 Å². The molecule has 24 heavy (non-hydrogen) atoms. The number of rotatable bonds is 4. The molecule has 0 saturated carbocycles. The van der Waals surface area contributed by atoms with E-state index in [4.69, 9.17) is 27.9 Å². The van der Waals surface area contributed by atoms with Crippen molar-refractivity contribution in [2.24, 2.45) is 0 Å². The molecule has 2 aromatic carbocycles. The van der Waals surface area contributed by atoms with Gasteiger partial charge in [0.15, 0.2) is 18.1 Å². The molecule has 0 aromatic heterocycles. The fourth-order valence-corrected chi connectivity index (χ4v) is 2.42. The monoisotopic (exact) mass is 375 g/mol. The molecule has 5 nitrogen and oxygen atoms in total. The molecule has 0 aliphatic carbocycles. The summed E-state index contributed by atoms with van der Waals surface area (Å²) in [6, 6.07) is 8.47. The maximum absolute atomic E-state index is 12.9. The smallest absolute Gasteiger partial charge is 0.482 e. The third-order valence-electron chi connectivity index (χ3n) is 2.94. The van der Waals surface area contributed by atoms with Crippen molar-refractivity contribution in [3.05, 3.63) is 46.4 Å². The molecule has 0 spiro atoms. The number of halogens is 4. The second-order valence-electron chi connectivity index (χ2n) is 4.74. The first-order valence-corrected chi connectivity index (χ1v) is 7.35. The van der Waals surface area contributed by atoms with Crippen LogP contribution in [0.3, 0.4) is 0 Å². The highest BCUT2D eigenvalue weighted by atomic mass is 35.5. The first-order chi connectivity index (χ1) is 11.3. The van der Waals surface area contributed by atoms with E-state index >= 15 is 0 Å². The molecule has 1 heterocycles. The summed E-state index contributed by atoms with van der Waals surface area (Å²) >= 11 is 11.7. The Morgan fingerprint density at radius 2 is 1.88 bits per heavy atom. The van der Waals surface area contributed by atoms with Crippen molar-refractivity contribution in [1.82, 2.24) is 0 Å². The van der Waals surface area contributed by atoms with Crippen LogP contribution in [0.4, 0.5) is 14.5 Å². The van der Waals surface area contributed by atoms with Crippen LogP contribution in [-0.4, -0.2) is 18.8 Å². The van der Waals surface area contributed by atoms with Gasteiger partial charge in [0.05, 0.1) is 5.02 Å². The quantitative estimate of drug-likeness (QED) is 0.863. The van der Waals surface area contributed by atoms with Crippen LogP contribution < -0.4 is 19.5 Å². The predicted octanol–water partition coefficient (Wildman–Crippen LogP) is 4.33. The van der Waals surface area contributed by atoms with Crippen LogP contribution >= 0.6 is 23.2 Å². The predicted molar refractivity (Wildman–Crippen MR) is 83.2 cm³/mol. The Kier molecular flexibility index (Phi) is 4.38. The van der Waals surface area contributed by atoms with Gasteiger partial charge >= 0.3 is 6.29 Å². The number of hydrogen-bond donors (Lipinski definition) is 1. The zero-order valence-corrected chi connectivity index (χ0v) is 13.3. The number of nitrogens with one attached hydrogen (secondary N) is 1. The fraction of sp³-hybridized carbons (Fsp3) is 0.133. The van der Waals surface area contributed by atoms with Crippen LogP contribution in [0.25, 0.3) is 0 Å². The summed E-state index contributed by atoms with van der Waals surface area (Å²) in [5.41, 5.74) is 0.255. The largest absolute Gasteiger partial charge is 0.586 e. The number of ether oxygens (including phenoxy) is 3. The number of carbonyl (C=O) groups excluding carboxylic acids is 1. The van der Waals surface area contributed by atoms with Crippen LogP contribution in [0, 0.1) is 0 Å². The van der Waals surface area contributed by atoms with Crippen molar-refractivity contribution >= 4 is 34.8 Å². The molecule has 9 heteroatoms. The lowest BCUT2D eigenvalue weighted by atomic mass is 10.3. The van der Waals surface area contributed by atoms with Gasteiger partial charge in [-0.25, -0.2) is 0 Å². The Balaban J connectivity index is 1.60. The standard InChI is InChI=1S/C15H9Cl2F2NO4/c16-8-1-3-11(10(17)5-8)22-7-14(21)20-9-2-4-12-13(6-9)24-15(18,19)23-12/h1-6H,7H2,(H,20,21). The second kappa shape index (κ2) is 6.33. The van der Waals surface area contributed by atoms with Crippen molar-refractivity contribution in [2.75, 3.05) is 11.9 Å². The van der Waals surface area contributed by atoms with E-state index in [0.717, 1.165) is 0 Å². The molecule has 126 valence electrons. The molecule has 1 aliphatic rings. The molecular weight excluding hydrogens is 367 g/mol. The summed E-state index contributed by atoms with van der Waals surface area (Å²) < 4.78 is 39.7. The highest BCUT2D eigenvalue weighted by Crippen LogP contribution is 2.42. The van der Waals surface area contributed by atoms with Gasteiger partial charge in [0.2, 0.25) is 0 Å². The molecule has 1 N–H and O–H groups in total. The number of carbonyl (C=O) groups is 1. The van der Waals surface area contributed by atoms with Gasteiger partial charge in [-0.05, 0) is 30.3 Å². The number of hydrogen-bond acceptors (Lipinski definition) is 4. The van der Waals surface area contributed by atoms with Gasteiger partial charge < -0.3 is 19.5 Å². The number of amides is 1. The maximum atomic E-state index is 12.9. The third kappa shape index (κ3) is 3.80. The number of fused-ring (bicyclic) bond motifs is 1. The van der Waals surface area contributed by atoms with Crippen molar-refractivity contribution in [2.45, 2.75) is 6.29 Å². The van der Waals surface area contributed by atoms with Crippen molar-refractivity contribution in [3.63, 3.8) is 0 Å². The lowest BCUT2D eigenvalue weighted by Gasteiger charge is -2.09. The number of benzene rings is 2. The van der Waals surface area contributed by atoms with Crippen LogP contribution in [0.15, 0.2) is 36.4 Å². The molecule has 0 bridgehead atoms. The van der Waals surface area contributed by atoms with Gasteiger partial charge in [0, 0.05) is 16.8 Å². The third-order valence-corrected chi connectivity index (χ3v) is 3.47. The SMILES string of the molecule is O=C(COc1ccc(Cl)cc1Cl)Nc1ccc2c(c1)OC(F)(F)O2. The molecule has 0 unspecified atom stereocenters. The average Bonchev–Trinajstić information content (AvgIpc) is 2.79. The normalized spacial score (nSPS) is 14.3. The van der Waals surface area contributed by atoms with E-state index < -0.39 is 12.2 Å². The molecule has 3 rings (SSSR count). The van der Waals surface area contributed by atoms with E-state index in [2.05, 4.69) is 14.8 Å². The number of anilines is 1. The Labute approximate surface area is 145 Å². The van der Waals surface area contributed by atoms with Crippen molar-refractivity contribution in [1.29, 1.82) is 0 Å². The molecule has 1 aliphatic heterocycles. The molecule has 1 amide bonds. The summed E-state index contributed by atoms with van der Waals surface area (Å²) in [4.78, 5) is 11.9. The van der Waals surface area contributed by atoms with E-state index in [0.29, 0.717) is 10.8 Å². The zero-order chi connectivity index (χ0) is 17.3. The van der Waals surface area contributed by atoms with Gasteiger partial charge in [0.1, 0.15) is 5.75 Å². The first kappa shape index (κ1) is 16.6. The molecule has 2 aromatic rings. The summed E-state index contributed by atoms with van der Waals surface area (Å²) in [5, 5.41) is 3.19. The highest BCUT2D eigenvalue weighted by Gasteiger charge is 2.43. The lowest BCUT2D eigenvalue weighted by molar-refractivity contribution is -0.286. The topological polar surface area (TPSA) is 56.8 Å². The molecular formula is C15H9Cl2F2NO4. The molecule has 0 atom stereocenters. The molecule has 0 fully saturated rings. The first-order valence-electron chi connectivity index (χ1n) is 6.60. The Hall–Kier alpha value is -2.25. The van der Waals surface area contributed by atoms with Gasteiger partial charge in [-0.15, -0.1) is 8.78 Å². The van der Waals surface area contributed by atoms with E-state index in [9.17, 15) is 13.6 Å². The maximum Gasteiger partial charge on any atom is 0.586 e. The van der Waals surface area contributed by atoms with E-state index in [1.165, 1.54) is 30.3 Å². The van der Waals surface area contributed by atoms with Gasteiger partial charge in [-0.1, -0.05) is 23.2 Å². The van der Waals surface area contributed by atoms with E-state index in [1.807, 2.05) is 0 Å². The van der Waals surface area contributed by atoms with Gasteiger partial charge in [-0.2, -0.15) is 0 Å². The van der Waals surface area contributed by atoms with Gasteiger partial charge in [0.25, 0.3) is 5.91 Å². The Morgan fingerprint density at radius 3 is 2.62 bits per heavy atom. The lowest BCUT2D eigenvalue weighted by Crippen LogP contribution is -2.25. The fourth-order valence-electron chi connectivity index (χ4n) is 1.96. The Morgan fingerprint density at radius 1 is 1.12 bits per heavy atom. The zero-order valence-electron chi connectivity index (χ0n) is 11.8. The highest BCUT2D eigenvalue weighted by molar-refractivity contribution is 6.35. The number of alkyl halides is 2. The summed E-state index contributed by atoms with van der Waals surface area (Å²) in [7, 11) is 0. The minimum Gasteiger partial charge on any atom is -0.482 e.